The highest BCUT2D eigenvalue weighted by Gasteiger charge is 2.14. The molecule has 0 atom stereocenters. The Kier molecular flexibility index (Phi) is 7.20. The van der Waals surface area contributed by atoms with Crippen molar-refractivity contribution in [1.82, 2.24) is 9.62 Å². The van der Waals surface area contributed by atoms with Crippen molar-refractivity contribution in [1.29, 1.82) is 0 Å². The maximum absolute atomic E-state index is 12.3. The van der Waals surface area contributed by atoms with Gasteiger partial charge in [0.2, 0.25) is 15.9 Å². The van der Waals surface area contributed by atoms with Crippen molar-refractivity contribution in [2.75, 3.05) is 31.5 Å². The van der Waals surface area contributed by atoms with Gasteiger partial charge in [0.05, 0.1) is 4.90 Å². The van der Waals surface area contributed by atoms with Gasteiger partial charge in [-0.25, -0.2) is 13.1 Å². The molecule has 1 amide bonds. The summed E-state index contributed by atoms with van der Waals surface area (Å²) in [4.78, 5) is 13.6. The minimum absolute atomic E-state index is 0.183. The van der Waals surface area contributed by atoms with Crippen LogP contribution < -0.4 is 10.0 Å². The number of nitrogens with zero attached hydrogens (tertiary/aromatic N) is 1. The highest BCUT2D eigenvalue weighted by molar-refractivity contribution is 7.89. The average molecular weight is 353 g/mol. The topological polar surface area (TPSA) is 78.5 Å². The molecule has 0 spiro atoms. The Balaban J connectivity index is 1.79. The highest BCUT2D eigenvalue weighted by Crippen LogP contribution is 2.14. The third-order valence-electron chi connectivity index (χ3n) is 4.13. The molecule has 0 radical (unpaired) electrons. The summed E-state index contributed by atoms with van der Waals surface area (Å²) in [6.45, 7) is 5.03. The summed E-state index contributed by atoms with van der Waals surface area (Å²) in [5, 5.41) is 2.62. The van der Waals surface area contributed by atoms with Gasteiger partial charge in [0.25, 0.3) is 0 Å². The van der Waals surface area contributed by atoms with E-state index in [9.17, 15) is 13.2 Å². The second-order valence-corrected chi connectivity index (χ2v) is 7.98. The number of anilines is 1. The van der Waals surface area contributed by atoms with Gasteiger partial charge in [-0.2, -0.15) is 0 Å². The molecule has 1 aromatic carbocycles. The maximum Gasteiger partial charge on any atom is 0.240 e. The van der Waals surface area contributed by atoms with Crippen molar-refractivity contribution in [2.24, 2.45) is 0 Å². The molecule has 0 aliphatic carbocycles. The van der Waals surface area contributed by atoms with Gasteiger partial charge < -0.3 is 10.2 Å². The zero-order valence-corrected chi connectivity index (χ0v) is 15.1. The molecule has 0 aromatic heterocycles. The van der Waals surface area contributed by atoms with Crippen LogP contribution in [-0.4, -0.2) is 45.4 Å². The first-order valence-corrected chi connectivity index (χ1v) is 10.1. The molecule has 0 unspecified atom stereocenters. The van der Waals surface area contributed by atoms with Gasteiger partial charge in [0.15, 0.2) is 0 Å². The van der Waals surface area contributed by atoms with Crippen LogP contribution in [0.4, 0.5) is 5.69 Å². The van der Waals surface area contributed by atoms with Gasteiger partial charge in [0.1, 0.15) is 0 Å². The second kappa shape index (κ2) is 9.15. The zero-order valence-electron chi connectivity index (χ0n) is 14.3. The summed E-state index contributed by atoms with van der Waals surface area (Å²) in [5.74, 6) is -0.183. The standard InChI is InChI=1S/C17H27N3O3S/c1-15(21)19-16-7-9-17(10-8-16)24(22,23)18-11-6-14-20-12-4-2-3-5-13-20/h7-10,18H,2-6,11-14H2,1H3,(H,19,21). The first-order chi connectivity index (χ1) is 11.5. The summed E-state index contributed by atoms with van der Waals surface area (Å²) >= 11 is 0. The van der Waals surface area contributed by atoms with E-state index < -0.39 is 10.0 Å². The summed E-state index contributed by atoms with van der Waals surface area (Å²) in [5.41, 5.74) is 0.586. The minimum atomic E-state index is -3.50. The molecular formula is C17H27N3O3S. The number of hydrogen-bond acceptors (Lipinski definition) is 4. The van der Waals surface area contributed by atoms with Crippen molar-refractivity contribution >= 4 is 21.6 Å². The van der Waals surface area contributed by atoms with Crippen LogP contribution >= 0.6 is 0 Å². The van der Waals surface area contributed by atoms with E-state index in [-0.39, 0.29) is 10.8 Å². The molecule has 7 heteroatoms. The van der Waals surface area contributed by atoms with Gasteiger partial charge in [-0.1, -0.05) is 12.8 Å². The van der Waals surface area contributed by atoms with E-state index in [1.807, 2.05) is 0 Å². The number of benzene rings is 1. The predicted molar refractivity (Wildman–Crippen MR) is 95.5 cm³/mol. The fraction of sp³-hybridized carbons (Fsp3) is 0.588. The van der Waals surface area contributed by atoms with Crippen LogP contribution in [0.3, 0.4) is 0 Å². The zero-order chi connectivity index (χ0) is 17.4. The van der Waals surface area contributed by atoms with Crippen LogP contribution in [0, 0.1) is 0 Å². The van der Waals surface area contributed by atoms with Gasteiger partial charge in [-0.15, -0.1) is 0 Å². The third-order valence-corrected chi connectivity index (χ3v) is 5.60. The quantitative estimate of drug-likeness (QED) is 0.737. The van der Waals surface area contributed by atoms with Crippen LogP contribution in [0.15, 0.2) is 29.2 Å². The van der Waals surface area contributed by atoms with Gasteiger partial charge in [-0.05, 0) is 63.2 Å². The van der Waals surface area contributed by atoms with E-state index in [4.69, 9.17) is 0 Å². The number of carbonyl (C=O) groups excluding carboxylic acids is 1. The van der Waals surface area contributed by atoms with E-state index in [0.717, 1.165) is 26.1 Å². The lowest BCUT2D eigenvalue weighted by atomic mass is 10.2. The molecule has 134 valence electrons. The lowest BCUT2D eigenvalue weighted by Crippen LogP contribution is -2.30. The lowest BCUT2D eigenvalue weighted by molar-refractivity contribution is -0.114. The van der Waals surface area contributed by atoms with E-state index in [2.05, 4.69) is 14.9 Å². The number of hydrogen-bond donors (Lipinski definition) is 2. The largest absolute Gasteiger partial charge is 0.326 e. The molecule has 1 saturated heterocycles. The fourth-order valence-electron chi connectivity index (χ4n) is 2.87. The summed E-state index contributed by atoms with van der Waals surface area (Å²) in [6.07, 6.45) is 5.90. The first-order valence-electron chi connectivity index (χ1n) is 8.57. The molecule has 1 aromatic rings. The Labute approximate surface area is 144 Å². The number of amides is 1. The molecule has 1 fully saturated rings. The summed E-state index contributed by atoms with van der Waals surface area (Å²) in [6, 6.07) is 6.19. The van der Waals surface area contributed by atoms with Crippen molar-refractivity contribution in [3.05, 3.63) is 24.3 Å². The van der Waals surface area contributed by atoms with Crippen LogP contribution in [0.2, 0.25) is 0 Å². The van der Waals surface area contributed by atoms with E-state index in [0.29, 0.717) is 12.2 Å². The van der Waals surface area contributed by atoms with E-state index in [1.165, 1.54) is 44.7 Å². The molecule has 2 N–H and O–H groups in total. The predicted octanol–water partition coefficient (Wildman–Crippen LogP) is 2.19. The molecule has 1 aliphatic heterocycles. The Morgan fingerprint density at radius 2 is 1.71 bits per heavy atom. The Hall–Kier alpha value is -1.44. The van der Waals surface area contributed by atoms with Crippen LogP contribution in [0.25, 0.3) is 0 Å². The molecular weight excluding hydrogens is 326 g/mol. The molecule has 6 nitrogen and oxygen atoms in total. The average Bonchev–Trinajstić information content (AvgIpc) is 2.80. The molecule has 1 heterocycles. The summed E-state index contributed by atoms with van der Waals surface area (Å²) < 4.78 is 27.2. The van der Waals surface area contributed by atoms with Crippen LogP contribution in [0.5, 0.6) is 0 Å². The fourth-order valence-corrected chi connectivity index (χ4v) is 3.95. The molecule has 2 rings (SSSR count). The minimum Gasteiger partial charge on any atom is -0.326 e. The highest BCUT2D eigenvalue weighted by atomic mass is 32.2. The number of rotatable bonds is 7. The van der Waals surface area contributed by atoms with Crippen LogP contribution in [0.1, 0.15) is 39.0 Å². The van der Waals surface area contributed by atoms with Crippen molar-refractivity contribution in [3.8, 4) is 0 Å². The molecule has 0 bridgehead atoms. The third kappa shape index (κ3) is 6.22. The Morgan fingerprint density at radius 3 is 2.29 bits per heavy atom. The SMILES string of the molecule is CC(=O)Nc1ccc(S(=O)(=O)NCCCN2CCCCCC2)cc1. The molecule has 24 heavy (non-hydrogen) atoms. The van der Waals surface area contributed by atoms with E-state index in [1.54, 1.807) is 12.1 Å². The lowest BCUT2D eigenvalue weighted by Gasteiger charge is -2.19. The number of likely N-dealkylation sites (tertiary alicyclic amines) is 1. The summed E-state index contributed by atoms with van der Waals surface area (Å²) in [7, 11) is -3.50. The van der Waals surface area contributed by atoms with Gasteiger partial charge in [-0.3, -0.25) is 4.79 Å². The Bertz CT molecular complexity index is 621. The van der Waals surface area contributed by atoms with Gasteiger partial charge >= 0.3 is 0 Å². The Morgan fingerprint density at radius 1 is 1.08 bits per heavy atom. The molecule has 1 aliphatic rings. The second-order valence-electron chi connectivity index (χ2n) is 6.21. The number of carbonyl (C=O) groups is 1. The van der Waals surface area contributed by atoms with Gasteiger partial charge in [0, 0.05) is 19.2 Å². The maximum atomic E-state index is 12.3. The van der Waals surface area contributed by atoms with Crippen LogP contribution in [-0.2, 0) is 14.8 Å². The number of sulfonamides is 1. The first kappa shape index (κ1) is 18.9. The normalized spacial score (nSPS) is 16.5. The monoisotopic (exact) mass is 353 g/mol. The smallest absolute Gasteiger partial charge is 0.240 e. The number of nitrogens with one attached hydrogen (secondary N) is 2. The van der Waals surface area contributed by atoms with Crippen molar-refractivity contribution in [3.63, 3.8) is 0 Å². The molecule has 0 saturated carbocycles. The van der Waals surface area contributed by atoms with E-state index >= 15 is 0 Å². The van der Waals surface area contributed by atoms with Crippen molar-refractivity contribution in [2.45, 2.75) is 43.9 Å². The van der Waals surface area contributed by atoms with Crippen molar-refractivity contribution < 1.29 is 13.2 Å².